The average molecular weight is 371 g/mol. The molecule has 26 heavy (non-hydrogen) atoms. The standard InChI is InChI=1S/C18H15ClN4O3/c19-15-7-2-1-5-12(15)11-23-17(25)14(10-22-18(23)26)16(24)21-9-13-6-3-4-8-20-13/h1-8,10H,9,11H2,(H,21,24)(H,22,26). The molecule has 7 nitrogen and oxygen atoms in total. The first kappa shape index (κ1) is 17.6. The first-order valence-electron chi connectivity index (χ1n) is 7.80. The highest BCUT2D eigenvalue weighted by molar-refractivity contribution is 6.31. The lowest BCUT2D eigenvalue weighted by Crippen LogP contribution is -2.40. The number of nitrogens with zero attached hydrogens (tertiary/aromatic N) is 2. The summed E-state index contributed by atoms with van der Waals surface area (Å²) >= 11 is 6.08. The van der Waals surface area contributed by atoms with Crippen molar-refractivity contribution in [2.45, 2.75) is 13.1 Å². The second-order valence-electron chi connectivity index (χ2n) is 5.49. The lowest BCUT2D eigenvalue weighted by molar-refractivity contribution is 0.0947. The molecule has 0 fully saturated rings. The van der Waals surface area contributed by atoms with Crippen LogP contribution in [0.25, 0.3) is 0 Å². The Morgan fingerprint density at radius 2 is 1.92 bits per heavy atom. The van der Waals surface area contributed by atoms with Gasteiger partial charge in [0.2, 0.25) is 0 Å². The maximum absolute atomic E-state index is 12.6. The van der Waals surface area contributed by atoms with Crippen molar-refractivity contribution >= 4 is 17.5 Å². The zero-order chi connectivity index (χ0) is 18.5. The molecule has 0 spiro atoms. The highest BCUT2D eigenvalue weighted by Gasteiger charge is 2.15. The van der Waals surface area contributed by atoms with Crippen molar-refractivity contribution in [2.75, 3.05) is 0 Å². The van der Waals surface area contributed by atoms with Gasteiger partial charge >= 0.3 is 5.69 Å². The number of pyridine rings is 1. The van der Waals surface area contributed by atoms with Crippen LogP contribution in [0.2, 0.25) is 5.02 Å². The first-order valence-corrected chi connectivity index (χ1v) is 8.18. The largest absolute Gasteiger partial charge is 0.346 e. The molecule has 3 aromatic rings. The second kappa shape index (κ2) is 7.79. The van der Waals surface area contributed by atoms with Crippen LogP contribution in [-0.4, -0.2) is 20.4 Å². The summed E-state index contributed by atoms with van der Waals surface area (Å²) in [5.74, 6) is -0.593. The van der Waals surface area contributed by atoms with Crippen molar-refractivity contribution < 1.29 is 4.79 Å². The van der Waals surface area contributed by atoms with E-state index in [9.17, 15) is 14.4 Å². The zero-order valence-electron chi connectivity index (χ0n) is 13.6. The normalized spacial score (nSPS) is 10.5. The highest BCUT2D eigenvalue weighted by atomic mass is 35.5. The maximum Gasteiger partial charge on any atom is 0.328 e. The minimum absolute atomic E-state index is 0.0325. The van der Waals surface area contributed by atoms with Crippen LogP contribution in [0.3, 0.4) is 0 Å². The Bertz CT molecular complexity index is 1040. The molecular weight excluding hydrogens is 356 g/mol. The van der Waals surface area contributed by atoms with Crippen LogP contribution in [0.1, 0.15) is 21.6 Å². The quantitative estimate of drug-likeness (QED) is 0.712. The van der Waals surface area contributed by atoms with E-state index in [-0.39, 0.29) is 18.7 Å². The van der Waals surface area contributed by atoms with E-state index < -0.39 is 17.2 Å². The van der Waals surface area contributed by atoms with Crippen LogP contribution < -0.4 is 16.6 Å². The Kier molecular flexibility index (Phi) is 5.28. The SMILES string of the molecule is O=C(NCc1ccccn1)c1c[nH]c(=O)n(Cc2ccccc2Cl)c1=O. The van der Waals surface area contributed by atoms with Crippen molar-refractivity contribution in [3.63, 3.8) is 0 Å². The predicted octanol–water partition coefficient (Wildman–Crippen LogP) is 1.56. The summed E-state index contributed by atoms with van der Waals surface area (Å²) in [6.45, 7) is 0.137. The lowest BCUT2D eigenvalue weighted by atomic mass is 10.2. The smallest absolute Gasteiger partial charge is 0.328 e. The van der Waals surface area contributed by atoms with Gasteiger partial charge in [0.05, 0.1) is 18.8 Å². The monoisotopic (exact) mass is 370 g/mol. The molecule has 8 heteroatoms. The van der Waals surface area contributed by atoms with E-state index in [1.807, 2.05) is 0 Å². The molecule has 1 amide bonds. The van der Waals surface area contributed by atoms with E-state index >= 15 is 0 Å². The van der Waals surface area contributed by atoms with Crippen LogP contribution in [0.15, 0.2) is 64.4 Å². The third-order valence-corrected chi connectivity index (χ3v) is 4.12. The van der Waals surface area contributed by atoms with Gasteiger partial charge in [0, 0.05) is 17.4 Å². The molecule has 0 aliphatic rings. The number of aromatic nitrogens is 3. The number of aromatic amines is 1. The first-order chi connectivity index (χ1) is 12.6. The van der Waals surface area contributed by atoms with E-state index in [0.717, 1.165) is 10.8 Å². The molecule has 0 saturated carbocycles. The third-order valence-electron chi connectivity index (χ3n) is 3.75. The molecule has 0 bridgehead atoms. The molecule has 0 radical (unpaired) electrons. The van der Waals surface area contributed by atoms with Gasteiger partial charge in [-0.15, -0.1) is 0 Å². The number of rotatable bonds is 5. The minimum Gasteiger partial charge on any atom is -0.346 e. The van der Waals surface area contributed by atoms with E-state index in [1.165, 1.54) is 0 Å². The van der Waals surface area contributed by atoms with Gasteiger partial charge in [-0.25, -0.2) is 4.79 Å². The molecule has 2 aromatic heterocycles. The Morgan fingerprint density at radius 3 is 2.65 bits per heavy atom. The van der Waals surface area contributed by atoms with Crippen molar-refractivity contribution in [3.8, 4) is 0 Å². The number of carbonyl (C=O) groups excluding carboxylic acids is 1. The van der Waals surface area contributed by atoms with Gasteiger partial charge in [-0.05, 0) is 23.8 Å². The van der Waals surface area contributed by atoms with Crippen molar-refractivity contribution in [1.82, 2.24) is 19.9 Å². The number of nitrogens with one attached hydrogen (secondary N) is 2. The molecule has 2 N–H and O–H groups in total. The third kappa shape index (κ3) is 3.89. The summed E-state index contributed by atoms with van der Waals surface area (Å²) < 4.78 is 0.941. The molecule has 2 heterocycles. The van der Waals surface area contributed by atoms with Crippen LogP contribution in [0.5, 0.6) is 0 Å². The van der Waals surface area contributed by atoms with E-state index in [2.05, 4.69) is 15.3 Å². The molecule has 1 aromatic carbocycles. The Labute approximate surface area is 153 Å². The minimum atomic E-state index is -0.688. The van der Waals surface area contributed by atoms with Gasteiger partial charge in [0.1, 0.15) is 5.56 Å². The molecule has 0 aliphatic carbocycles. The fraction of sp³-hybridized carbons (Fsp3) is 0.111. The van der Waals surface area contributed by atoms with Crippen LogP contribution >= 0.6 is 11.6 Å². The number of hydrogen-bond donors (Lipinski definition) is 2. The number of halogens is 1. The summed E-state index contributed by atoms with van der Waals surface area (Å²) in [6, 6.07) is 12.2. The lowest BCUT2D eigenvalue weighted by Gasteiger charge is -2.09. The molecular formula is C18H15ClN4O3. The average Bonchev–Trinajstić information content (AvgIpc) is 2.65. The number of hydrogen-bond acceptors (Lipinski definition) is 4. The van der Waals surface area contributed by atoms with Gasteiger partial charge in [0.15, 0.2) is 0 Å². The number of carbonyl (C=O) groups is 1. The summed E-state index contributed by atoms with van der Waals surface area (Å²) in [4.78, 5) is 43.4. The molecule has 0 unspecified atom stereocenters. The second-order valence-corrected chi connectivity index (χ2v) is 5.90. The van der Waals surface area contributed by atoms with Crippen molar-refractivity contribution in [1.29, 1.82) is 0 Å². The fourth-order valence-corrected chi connectivity index (χ4v) is 2.58. The highest BCUT2D eigenvalue weighted by Crippen LogP contribution is 2.14. The fourth-order valence-electron chi connectivity index (χ4n) is 2.38. The number of benzene rings is 1. The molecule has 0 aliphatic heterocycles. The van der Waals surface area contributed by atoms with Crippen molar-refractivity contribution in [2.24, 2.45) is 0 Å². The molecule has 132 valence electrons. The topological polar surface area (TPSA) is 96.8 Å². The van der Waals surface area contributed by atoms with Gasteiger partial charge in [-0.3, -0.25) is 19.1 Å². The summed E-state index contributed by atoms with van der Waals surface area (Å²) in [5, 5.41) is 3.05. The van der Waals surface area contributed by atoms with Crippen molar-refractivity contribution in [3.05, 3.63) is 97.5 Å². The molecule has 0 saturated heterocycles. The maximum atomic E-state index is 12.6. The summed E-state index contributed by atoms with van der Waals surface area (Å²) in [7, 11) is 0. The van der Waals surface area contributed by atoms with E-state index in [1.54, 1.807) is 48.7 Å². The van der Waals surface area contributed by atoms with Gasteiger partial charge in [-0.2, -0.15) is 0 Å². The van der Waals surface area contributed by atoms with Gasteiger partial charge in [0.25, 0.3) is 11.5 Å². The Hall–Kier alpha value is -3.19. The van der Waals surface area contributed by atoms with Crippen LogP contribution in [0.4, 0.5) is 0 Å². The summed E-state index contributed by atoms with van der Waals surface area (Å²) in [5.41, 5.74) is -0.203. The molecule has 0 atom stereocenters. The van der Waals surface area contributed by atoms with E-state index in [4.69, 9.17) is 11.6 Å². The Morgan fingerprint density at radius 1 is 1.15 bits per heavy atom. The molecule has 3 rings (SSSR count). The number of H-pyrrole nitrogens is 1. The van der Waals surface area contributed by atoms with Gasteiger partial charge < -0.3 is 10.3 Å². The van der Waals surface area contributed by atoms with Crippen LogP contribution in [0, 0.1) is 0 Å². The van der Waals surface area contributed by atoms with E-state index in [0.29, 0.717) is 16.3 Å². The predicted molar refractivity (Wildman–Crippen MR) is 97.3 cm³/mol. The number of amides is 1. The summed E-state index contributed by atoms with van der Waals surface area (Å²) in [6.07, 6.45) is 2.72. The van der Waals surface area contributed by atoms with Crippen LogP contribution in [-0.2, 0) is 13.1 Å². The van der Waals surface area contributed by atoms with Gasteiger partial charge in [-0.1, -0.05) is 35.9 Å². The Balaban J connectivity index is 1.85. The zero-order valence-corrected chi connectivity index (χ0v) is 14.4.